The number of amides is 1. The molecule has 0 aliphatic heterocycles. The number of rotatable bonds is 5. The fourth-order valence-electron chi connectivity index (χ4n) is 1.76. The van der Waals surface area contributed by atoms with Crippen molar-refractivity contribution in [2.45, 2.75) is 33.2 Å². The summed E-state index contributed by atoms with van der Waals surface area (Å²) in [4.78, 5) is 23.1. The number of hydrogen-bond donors (Lipinski definition) is 2. The van der Waals surface area contributed by atoms with Crippen molar-refractivity contribution in [3.05, 3.63) is 35.1 Å². The van der Waals surface area contributed by atoms with Gasteiger partial charge in [-0.25, -0.2) is 9.18 Å². The third-order valence-electron chi connectivity index (χ3n) is 3.28. The molecule has 2 atom stereocenters. The lowest BCUT2D eigenvalue weighted by Gasteiger charge is -2.20. The fraction of sp³-hybridized carbons (Fsp3) is 0.429. The molecule has 0 aliphatic carbocycles. The number of halogens is 1. The standard InChI is InChI=1S/C14H18FNO3/c1-4-8(2)12(14(18)19)16-13(17)10-6-5-7-11(15)9(10)3/h5-8,12H,4H2,1-3H3,(H,16,17)(H,18,19)/t8-,12-/m0/s1. The van der Waals surface area contributed by atoms with Crippen LogP contribution in [-0.2, 0) is 4.79 Å². The van der Waals surface area contributed by atoms with Crippen molar-refractivity contribution in [1.29, 1.82) is 0 Å². The number of carboxylic acid groups (broad SMARTS) is 1. The van der Waals surface area contributed by atoms with E-state index in [-0.39, 0.29) is 17.0 Å². The molecular weight excluding hydrogens is 249 g/mol. The van der Waals surface area contributed by atoms with E-state index in [2.05, 4.69) is 5.32 Å². The molecule has 0 aliphatic rings. The minimum absolute atomic E-state index is 0.162. The maximum atomic E-state index is 13.4. The summed E-state index contributed by atoms with van der Waals surface area (Å²) < 4.78 is 13.4. The molecule has 4 nitrogen and oxygen atoms in total. The number of hydrogen-bond acceptors (Lipinski definition) is 2. The smallest absolute Gasteiger partial charge is 0.326 e. The summed E-state index contributed by atoms with van der Waals surface area (Å²) in [5.41, 5.74) is 0.378. The van der Waals surface area contributed by atoms with Crippen LogP contribution in [0, 0.1) is 18.7 Å². The fourth-order valence-corrected chi connectivity index (χ4v) is 1.76. The van der Waals surface area contributed by atoms with Gasteiger partial charge in [0.2, 0.25) is 0 Å². The minimum Gasteiger partial charge on any atom is -0.480 e. The first kappa shape index (κ1) is 15.1. The SMILES string of the molecule is CC[C@H](C)[C@H](NC(=O)c1cccc(F)c1C)C(=O)O. The Morgan fingerprint density at radius 1 is 1.42 bits per heavy atom. The first-order chi connectivity index (χ1) is 8.88. The van der Waals surface area contributed by atoms with Gasteiger partial charge in [0.05, 0.1) is 0 Å². The Labute approximate surface area is 111 Å². The van der Waals surface area contributed by atoms with Crippen LogP contribution in [0.15, 0.2) is 18.2 Å². The Hall–Kier alpha value is -1.91. The van der Waals surface area contributed by atoms with Crippen LogP contribution in [0.4, 0.5) is 4.39 Å². The van der Waals surface area contributed by atoms with Gasteiger partial charge in [-0.15, -0.1) is 0 Å². The molecule has 0 unspecified atom stereocenters. The largest absolute Gasteiger partial charge is 0.480 e. The Kier molecular flexibility index (Phi) is 5.03. The van der Waals surface area contributed by atoms with Gasteiger partial charge in [-0.2, -0.15) is 0 Å². The third kappa shape index (κ3) is 3.53. The maximum absolute atomic E-state index is 13.4. The Morgan fingerprint density at radius 3 is 2.58 bits per heavy atom. The van der Waals surface area contributed by atoms with Gasteiger partial charge < -0.3 is 10.4 Å². The summed E-state index contributed by atoms with van der Waals surface area (Å²) in [6.07, 6.45) is 0.624. The molecule has 5 heteroatoms. The summed E-state index contributed by atoms with van der Waals surface area (Å²) in [6, 6.07) is 3.19. The summed E-state index contributed by atoms with van der Waals surface area (Å²) in [5, 5.41) is 11.6. The van der Waals surface area contributed by atoms with E-state index >= 15 is 0 Å². The second kappa shape index (κ2) is 6.31. The van der Waals surface area contributed by atoms with Crippen LogP contribution in [0.5, 0.6) is 0 Å². The molecule has 104 valence electrons. The van der Waals surface area contributed by atoms with E-state index < -0.39 is 23.7 Å². The Bertz CT molecular complexity index is 488. The predicted octanol–water partition coefficient (Wildman–Crippen LogP) is 2.36. The highest BCUT2D eigenvalue weighted by Crippen LogP contribution is 2.14. The molecule has 19 heavy (non-hydrogen) atoms. The monoisotopic (exact) mass is 267 g/mol. The van der Waals surface area contributed by atoms with Crippen molar-refractivity contribution >= 4 is 11.9 Å². The third-order valence-corrected chi connectivity index (χ3v) is 3.28. The Balaban J connectivity index is 2.94. The van der Waals surface area contributed by atoms with Gasteiger partial charge in [0.1, 0.15) is 11.9 Å². The first-order valence-corrected chi connectivity index (χ1v) is 6.17. The second-order valence-corrected chi connectivity index (χ2v) is 4.59. The molecule has 0 radical (unpaired) electrons. The van der Waals surface area contributed by atoms with Crippen molar-refractivity contribution < 1.29 is 19.1 Å². The summed E-state index contributed by atoms with van der Waals surface area (Å²) >= 11 is 0. The van der Waals surface area contributed by atoms with Gasteiger partial charge in [0.25, 0.3) is 5.91 Å². The quantitative estimate of drug-likeness (QED) is 0.860. The van der Waals surface area contributed by atoms with E-state index in [0.717, 1.165) is 0 Å². The highest BCUT2D eigenvalue weighted by Gasteiger charge is 2.26. The molecule has 0 heterocycles. The number of aliphatic carboxylic acids is 1. The van der Waals surface area contributed by atoms with Crippen LogP contribution in [0.2, 0.25) is 0 Å². The highest BCUT2D eigenvalue weighted by molar-refractivity contribution is 5.97. The summed E-state index contributed by atoms with van der Waals surface area (Å²) in [7, 11) is 0. The molecule has 1 rings (SSSR count). The zero-order valence-electron chi connectivity index (χ0n) is 11.2. The number of benzene rings is 1. The minimum atomic E-state index is -1.09. The lowest BCUT2D eigenvalue weighted by molar-refractivity contribution is -0.140. The maximum Gasteiger partial charge on any atom is 0.326 e. The van der Waals surface area contributed by atoms with E-state index in [1.54, 1.807) is 6.92 Å². The van der Waals surface area contributed by atoms with Crippen LogP contribution < -0.4 is 5.32 Å². The second-order valence-electron chi connectivity index (χ2n) is 4.59. The highest BCUT2D eigenvalue weighted by atomic mass is 19.1. The van der Waals surface area contributed by atoms with Crippen LogP contribution in [0.3, 0.4) is 0 Å². The van der Waals surface area contributed by atoms with E-state index in [1.807, 2.05) is 6.92 Å². The van der Waals surface area contributed by atoms with Gasteiger partial charge in [0, 0.05) is 5.56 Å². The number of carbonyl (C=O) groups is 2. The topological polar surface area (TPSA) is 66.4 Å². The molecule has 2 N–H and O–H groups in total. The zero-order chi connectivity index (χ0) is 14.6. The molecule has 0 saturated carbocycles. The molecular formula is C14H18FNO3. The zero-order valence-corrected chi connectivity index (χ0v) is 11.2. The van der Waals surface area contributed by atoms with Gasteiger partial charge in [-0.1, -0.05) is 26.3 Å². The molecule has 0 aromatic heterocycles. The molecule has 0 spiro atoms. The first-order valence-electron chi connectivity index (χ1n) is 6.17. The molecule has 1 aromatic carbocycles. The summed E-state index contributed by atoms with van der Waals surface area (Å²) in [6.45, 7) is 5.08. The lowest BCUT2D eigenvalue weighted by Crippen LogP contribution is -2.45. The van der Waals surface area contributed by atoms with Gasteiger partial charge in [-0.3, -0.25) is 4.79 Å². The van der Waals surface area contributed by atoms with Crippen molar-refractivity contribution in [3.8, 4) is 0 Å². The molecule has 0 bridgehead atoms. The van der Waals surface area contributed by atoms with Crippen LogP contribution in [-0.4, -0.2) is 23.0 Å². The average Bonchev–Trinajstić information content (AvgIpc) is 2.37. The van der Waals surface area contributed by atoms with Crippen LogP contribution >= 0.6 is 0 Å². The van der Waals surface area contributed by atoms with E-state index in [9.17, 15) is 14.0 Å². The van der Waals surface area contributed by atoms with E-state index in [0.29, 0.717) is 6.42 Å². The number of carbonyl (C=O) groups excluding carboxylic acids is 1. The van der Waals surface area contributed by atoms with E-state index in [4.69, 9.17) is 5.11 Å². The van der Waals surface area contributed by atoms with Crippen molar-refractivity contribution in [3.63, 3.8) is 0 Å². The van der Waals surface area contributed by atoms with Crippen molar-refractivity contribution in [1.82, 2.24) is 5.32 Å². The van der Waals surface area contributed by atoms with Crippen molar-refractivity contribution in [2.75, 3.05) is 0 Å². The van der Waals surface area contributed by atoms with Crippen LogP contribution in [0.1, 0.15) is 36.2 Å². The van der Waals surface area contributed by atoms with Crippen molar-refractivity contribution in [2.24, 2.45) is 5.92 Å². The van der Waals surface area contributed by atoms with Gasteiger partial charge in [-0.05, 0) is 30.5 Å². The summed E-state index contributed by atoms with van der Waals surface area (Å²) in [5.74, 6) is -2.33. The Morgan fingerprint density at radius 2 is 2.05 bits per heavy atom. The molecule has 1 amide bonds. The van der Waals surface area contributed by atoms with Gasteiger partial charge >= 0.3 is 5.97 Å². The molecule has 0 fully saturated rings. The molecule has 0 saturated heterocycles. The van der Waals surface area contributed by atoms with Crippen LogP contribution in [0.25, 0.3) is 0 Å². The normalized spacial score (nSPS) is 13.7. The number of carboxylic acids is 1. The average molecular weight is 267 g/mol. The van der Waals surface area contributed by atoms with E-state index in [1.165, 1.54) is 25.1 Å². The predicted molar refractivity (Wildman–Crippen MR) is 69.5 cm³/mol. The number of nitrogens with one attached hydrogen (secondary N) is 1. The molecule has 1 aromatic rings. The van der Waals surface area contributed by atoms with Gasteiger partial charge in [0.15, 0.2) is 0 Å². The lowest BCUT2D eigenvalue weighted by atomic mass is 9.98.